The molecule has 0 amide bonds. The van der Waals surface area contributed by atoms with Crippen LogP contribution in [0.3, 0.4) is 0 Å². The smallest absolute Gasteiger partial charge is 0.106 e. The van der Waals surface area contributed by atoms with E-state index in [9.17, 15) is 0 Å². The van der Waals surface area contributed by atoms with Crippen molar-refractivity contribution in [3.8, 4) is 0 Å². The van der Waals surface area contributed by atoms with Crippen molar-refractivity contribution < 1.29 is 4.42 Å². The predicted molar refractivity (Wildman–Crippen MR) is 64.2 cm³/mol. The van der Waals surface area contributed by atoms with Gasteiger partial charge in [-0.15, -0.1) is 6.58 Å². The topological polar surface area (TPSA) is 16.4 Å². The molecule has 0 saturated heterocycles. The number of aryl methyl sites for hydroxylation is 2. The highest BCUT2D eigenvalue weighted by Gasteiger charge is 2.31. The normalized spacial score (nSPS) is 15.4. The van der Waals surface area contributed by atoms with Gasteiger partial charge in [0.25, 0.3) is 0 Å². The average molecular weight is 207 g/mol. The quantitative estimate of drug-likeness (QED) is 0.708. The van der Waals surface area contributed by atoms with E-state index in [2.05, 4.69) is 39.4 Å². The maximum atomic E-state index is 5.67. The predicted octanol–water partition coefficient (Wildman–Crippen LogP) is 3.17. The summed E-state index contributed by atoms with van der Waals surface area (Å²) in [5, 5.41) is 0. The first-order chi connectivity index (χ1) is 6.84. The van der Waals surface area contributed by atoms with Gasteiger partial charge in [-0.05, 0) is 47.4 Å². The monoisotopic (exact) mass is 207 g/mol. The lowest BCUT2D eigenvalue weighted by Gasteiger charge is -2.34. The molecule has 0 radical (unpaired) electrons. The van der Waals surface area contributed by atoms with Gasteiger partial charge in [-0.2, -0.15) is 0 Å². The molecule has 84 valence electrons. The van der Waals surface area contributed by atoms with Crippen LogP contribution in [0.4, 0.5) is 0 Å². The van der Waals surface area contributed by atoms with E-state index in [1.807, 2.05) is 19.9 Å². The summed E-state index contributed by atoms with van der Waals surface area (Å²) in [6, 6.07) is 0. The average Bonchev–Trinajstić information content (AvgIpc) is 2.40. The molecule has 1 unspecified atom stereocenters. The van der Waals surface area contributed by atoms with Crippen LogP contribution in [0.15, 0.2) is 17.1 Å². The molecule has 0 bridgehead atoms. The highest BCUT2D eigenvalue weighted by Crippen LogP contribution is 2.35. The molecule has 0 saturated carbocycles. The molecule has 1 heterocycles. The van der Waals surface area contributed by atoms with Gasteiger partial charge in [0, 0.05) is 5.56 Å². The molecule has 0 aromatic carbocycles. The van der Waals surface area contributed by atoms with Crippen molar-refractivity contribution in [1.29, 1.82) is 0 Å². The van der Waals surface area contributed by atoms with Crippen molar-refractivity contribution in [2.24, 2.45) is 0 Å². The second kappa shape index (κ2) is 3.86. The van der Waals surface area contributed by atoms with Crippen molar-refractivity contribution in [3.05, 3.63) is 35.3 Å². The van der Waals surface area contributed by atoms with E-state index >= 15 is 0 Å². The Morgan fingerprint density at radius 3 is 2.00 bits per heavy atom. The summed E-state index contributed by atoms with van der Waals surface area (Å²) in [4.78, 5) is 2.16. The van der Waals surface area contributed by atoms with Crippen LogP contribution >= 0.6 is 0 Å². The Morgan fingerprint density at radius 1 is 1.20 bits per heavy atom. The third-order valence-corrected chi connectivity index (χ3v) is 3.39. The summed E-state index contributed by atoms with van der Waals surface area (Å²) < 4.78 is 5.67. The van der Waals surface area contributed by atoms with Crippen molar-refractivity contribution in [1.82, 2.24) is 4.90 Å². The Morgan fingerprint density at radius 2 is 1.73 bits per heavy atom. The molecule has 1 aromatic rings. The lowest BCUT2D eigenvalue weighted by Crippen LogP contribution is -2.37. The van der Waals surface area contributed by atoms with Gasteiger partial charge in [-0.25, -0.2) is 0 Å². The third kappa shape index (κ3) is 1.74. The van der Waals surface area contributed by atoms with E-state index in [0.717, 1.165) is 11.5 Å². The fourth-order valence-electron chi connectivity index (χ4n) is 2.04. The fourth-order valence-corrected chi connectivity index (χ4v) is 2.04. The van der Waals surface area contributed by atoms with E-state index < -0.39 is 0 Å². The molecular weight excluding hydrogens is 186 g/mol. The first-order valence-corrected chi connectivity index (χ1v) is 5.22. The van der Waals surface area contributed by atoms with Crippen LogP contribution in [0.1, 0.15) is 29.6 Å². The number of nitrogens with zero attached hydrogens (tertiary/aromatic N) is 1. The first kappa shape index (κ1) is 12.1. The number of likely N-dealkylation sites (N-methyl/N-ethyl adjacent to an activating group) is 1. The summed E-state index contributed by atoms with van der Waals surface area (Å²) in [7, 11) is 4.12. The van der Waals surface area contributed by atoms with Gasteiger partial charge in [0.15, 0.2) is 0 Å². The summed E-state index contributed by atoms with van der Waals surface area (Å²) in [6.07, 6.45) is 1.97. The highest BCUT2D eigenvalue weighted by atomic mass is 16.3. The molecule has 1 atom stereocenters. The zero-order valence-corrected chi connectivity index (χ0v) is 10.6. The Labute approximate surface area is 92.6 Å². The largest absolute Gasteiger partial charge is 0.466 e. The van der Waals surface area contributed by atoms with Crippen LogP contribution in [0.5, 0.6) is 0 Å². The van der Waals surface area contributed by atoms with Crippen molar-refractivity contribution in [2.45, 2.75) is 33.2 Å². The fraction of sp³-hybridized carbons (Fsp3) is 0.538. The number of hydrogen-bond acceptors (Lipinski definition) is 2. The SMILES string of the molecule is C=CC(C)(c1c(C)oc(C)c1C)N(C)C. The molecule has 2 nitrogen and oxygen atoms in total. The van der Waals surface area contributed by atoms with Crippen molar-refractivity contribution >= 4 is 0 Å². The van der Waals surface area contributed by atoms with Crippen LogP contribution in [-0.2, 0) is 5.54 Å². The van der Waals surface area contributed by atoms with Gasteiger partial charge in [-0.3, -0.25) is 4.90 Å². The van der Waals surface area contributed by atoms with Gasteiger partial charge in [0.2, 0.25) is 0 Å². The third-order valence-electron chi connectivity index (χ3n) is 3.39. The van der Waals surface area contributed by atoms with E-state index in [1.165, 1.54) is 11.1 Å². The molecule has 0 aliphatic carbocycles. The van der Waals surface area contributed by atoms with E-state index in [0.29, 0.717) is 0 Å². The lowest BCUT2D eigenvalue weighted by atomic mass is 9.88. The van der Waals surface area contributed by atoms with E-state index in [4.69, 9.17) is 4.42 Å². The molecule has 0 fully saturated rings. The van der Waals surface area contributed by atoms with Gasteiger partial charge < -0.3 is 4.42 Å². The molecule has 2 heteroatoms. The van der Waals surface area contributed by atoms with Crippen LogP contribution in [-0.4, -0.2) is 19.0 Å². The molecule has 1 aromatic heterocycles. The first-order valence-electron chi connectivity index (χ1n) is 5.22. The van der Waals surface area contributed by atoms with Crippen molar-refractivity contribution in [2.75, 3.05) is 14.1 Å². The summed E-state index contributed by atoms with van der Waals surface area (Å²) in [6.45, 7) is 12.2. The standard InChI is InChI=1S/C13H21NO/c1-8-13(5,14(6)7)12-9(2)10(3)15-11(12)4/h8H,1H2,2-7H3. The minimum atomic E-state index is -0.161. The number of rotatable bonds is 3. The summed E-state index contributed by atoms with van der Waals surface area (Å²) in [5.74, 6) is 1.98. The number of furan rings is 1. The molecule has 0 N–H and O–H groups in total. The Bertz CT molecular complexity index is 376. The molecule has 0 aliphatic rings. The number of hydrogen-bond donors (Lipinski definition) is 0. The van der Waals surface area contributed by atoms with E-state index in [1.54, 1.807) is 0 Å². The Hall–Kier alpha value is -1.02. The van der Waals surface area contributed by atoms with Crippen LogP contribution in [0.25, 0.3) is 0 Å². The minimum Gasteiger partial charge on any atom is -0.466 e. The van der Waals surface area contributed by atoms with Gasteiger partial charge in [0.05, 0.1) is 5.54 Å². The van der Waals surface area contributed by atoms with Gasteiger partial charge in [0.1, 0.15) is 11.5 Å². The van der Waals surface area contributed by atoms with Crippen LogP contribution in [0.2, 0.25) is 0 Å². The molecule has 0 aliphatic heterocycles. The molecule has 15 heavy (non-hydrogen) atoms. The van der Waals surface area contributed by atoms with Gasteiger partial charge in [-0.1, -0.05) is 6.08 Å². The molecule has 0 spiro atoms. The van der Waals surface area contributed by atoms with E-state index in [-0.39, 0.29) is 5.54 Å². The molecule has 1 rings (SSSR count). The zero-order valence-electron chi connectivity index (χ0n) is 10.6. The second-order valence-corrected chi connectivity index (χ2v) is 4.46. The van der Waals surface area contributed by atoms with Crippen LogP contribution in [0, 0.1) is 20.8 Å². The minimum absolute atomic E-state index is 0.161. The van der Waals surface area contributed by atoms with Gasteiger partial charge >= 0.3 is 0 Å². The maximum absolute atomic E-state index is 5.67. The summed E-state index contributed by atoms with van der Waals surface area (Å²) >= 11 is 0. The molecular formula is C13H21NO. The summed E-state index contributed by atoms with van der Waals surface area (Å²) in [5.41, 5.74) is 2.30. The zero-order chi connectivity index (χ0) is 11.8. The second-order valence-electron chi connectivity index (χ2n) is 4.46. The Balaban J connectivity index is 3.42. The van der Waals surface area contributed by atoms with Crippen molar-refractivity contribution in [3.63, 3.8) is 0 Å². The maximum Gasteiger partial charge on any atom is 0.106 e. The lowest BCUT2D eigenvalue weighted by molar-refractivity contribution is 0.229. The Kier molecular flexibility index (Phi) is 3.10. The highest BCUT2D eigenvalue weighted by molar-refractivity contribution is 5.40. The van der Waals surface area contributed by atoms with Crippen LogP contribution < -0.4 is 0 Å².